The number of amides is 2. The Labute approximate surface area is 117 Å². The first kappa shape index (κ1) is 14.3. The highest BCUT2D eigenvalue weighted by Gasteiger charge is 2.22. The Hall–Kier alpha value is -2.15. The van der Waals surface area contributed by atoms with Crippen molar-refractivity contribution in [3.8, 4) is 0 Å². The van der Waals surface area contributed by atoms with Crippen LogP contribution in [0.25, 0.3) is 0 Å². The van der Waals surface area contributed by atoms with Crippen LogP contribution in [0.15, 0.2) is 18.3 Å². The SMILES string of the molecule is NC(=O)CN(CC(N)=O)c1ncccc1CNC1CC1. The Morgan fingerprint density at radius 1 is 1.30 bits per heavy atom. The molecule has 0 aliphatic heterocycles. The van der Waals surface area contributed by atoms with E-state index in [2.05, 4.69) is 10.3 Å². The summed E-state index contributed by atoms with van der Waals surface area (Å²) < 4.78 is 0. The van der Waals surface area contributed by atoms with E-state index in [4.69, 9.17) is 11.5 Å². The number of aromatic nitrogens is 1. The second-order valence-corrected chi connectivity index (χ2v) is 4.93. The van der Waals surface area contributed by atoms with Crippen LogP contribution in [0.1, 0.15) is 18.4 Å². The molecule has 2 amide bonds. The van der Waals surface area contributed by atoms with Crippen molar-refractivity contribution in [2.75, 3.05) is 18.0 Å². The van der Waals surface area contributed by atoms with Crippen molar-refractivity contribution in [2.45, 2.75) is 25.4 Å². The van der Waals surface area contributed by atoms with Crippen LogP contribution in [-0.4, -0.2) is 35.9 Å². The average molecular weight is 277 g/mol. The minimum absolute atomic E-state index is 0.0869. The number of hydrogen-bond acceptors (Lipinski definition) is 5. The van der Waals surface area contributed by atoms with Crippen molar-refractivity contribution in [1.29, 1.82) is 0 Å². The third-order valence-electron chi connectivity index (χ3n) is 3.02. The van der Waals surface area contributed by atoms with E-state index in [0.717, 1.165) is 5.56 Å². The lowest BCUT2D eigenvalue weighted by molar-refractivity contribution is -0.117. The van der Waals surface area contributed by atoms with Gasteiger partial charge in [0.1, 0.15) is 5.82 Å². The van der Waals surface area contributed by atoms with Crippen molar-refractivity contribution in [2.24, 2.45) is 11.5 Å². The molecule has 5 N–H and O–H groups in total. The number of rotatable bonds is 8. The summed E-state index contributed by atoms with van der Waals surface area (Å²) in [5.41, 5.74) is 11.3. The predicted molar refractivity (Wildman–Crippen MR) is 74.7 cm³/mol. The molecule has 0 radical (unpaired) electrons. The largest absolute Gasteiger partial charge is 0.368 e. The van der Waals surface area contributed by atoms with Crippen molar-refractivity contribution < 1.29 is 9.59 Å². The molecule has 1 heterocycles. The first-order valence-corrected chi connectivity index (χ1v) is 6.55. The van der Waals surface area contributed by atoms with Crippen LogP contribution in [0.4, 0.5) is 5.82 Å². The number of nitrogens with one attached hydrogen (secondary N) is 1. The van der Waals surface area contributed by atoms with Crippen LogP contribution in [-0.2, 0) is 16.1 Å². The Morgan fingerprint density at radius 2 is 1.95 bits per heavy atom. The van der Waals surface area contributed by atoms with Gasteiger partial charge in [-0.3, -0.25) is 9.59 Å². The Balaban J connectivity index is 2.16. The summed E-state index contributed by atoms with van der Waals surface area (Å²) in [7, 11) is 0. The van der Waals surface area contributed by atoms with E-state index >= 15 is 0 Å². The molecule has 1 saturated carbocycles. The van der Waals surface area contributed by atoms with Gasteiger partial charge in [0, 0.05) is 24.3 Å². The molecular formula is C13H19N5O2. The fourth-order valence-electron chi connectivity index (χ4n) is 1.98. The molecule has 0 bridgehead atoms. The fraction of sp³-hybridized carbons (Fsp3) is 0.462. The van der Waals surface area contributed by atoms with Gasteiger partial charge < -0.3 is 21.7 Å². The summed E-state index contributed by atoms with van der Waals surface area (Å²) in [6, 6.07) is 4.29. The van der Waals surface area contributed by atoms with Gasteiger partial charge in [0.15, 0.2) is 0 Å². The number of hydrogen-bond donors (Lipinski definition) is 3. The molecule has 1 aromatic rings. The lowest BCUT2D eigenvalue weighted by Gasteiger charge is -2.23. The monoisotopic (exact) mass is 277 g/mol. The summed E-state index contributed by atoms with van der Waals surface area (Å²) in [6.07, 6.45) is 3.98. The summed E-state index contributed by atoms with van der Waals surface area (Å²) in [4.78, 5) is 28.0. The standard InChI is InChI=1S/C13H19N5O2/c14-11(19)7-18(8-12(15)20)13-9(2-1-5-16-13)6-17-10-3-4-10/h1-2,5,10,17H,3-4,6-8H2,(H2,14,19)(H2,15,20). The molecule has 1 fully saturated rings. The van der Waals surface area contributed by atoms with E-state index in [1.165, 1.54) is 17.7 Å². The second-order valence-electron chi connectivity index (χ2n) is 4.93. The summed E-state index contributed by atoms with van der Waals surface area (Å²) in [5, 5.41) is 3.38. The number of nitrogens with two attached hydrogens (primary N) is 2. The van der Waals surface area contributed by atoms with Gasteiger partial charge in [-0.2, -0.15) is 0 Å². The minimum atomic E-state index is -0.530. The zero-order valence-electron chi connectivity index (χ0n) is 11.2. The topological polar surface area (TPSA) is 114 Å². The van der Waals surface area contributed by atoms with E-state index in [1.54, 1.807) is 6.20 Å². The van der Waals surface area contributed by atoms with Gasteiger partial charge >= 0.3 is 0 Å². The number of carbonyl (C=O) groups is 2. The molecule has 0 spiro atoms. The van der Waals surface area contributed by atoms with E-state index < -0.39 is 11.8 Å². The third kappa shape index (κ3) is 4.20. The lowest BCUT2D eigenvalue weighted by atomic mass is 10.2. The first-order chi connectivity index (χ1) is 9.56. The summed E-state index contributed by atoms with van der Waals surface area (Å²) in [5.74, 6) is -0.491. The highest BCUT2D eigenvalue weighted by molar-refractivity contribution is 5.84. The van der Waals surface area contributed by atoms with Crippen molar-refractivity contribution in [1.82, 2.24) is 10.3 Å². The number of nitrogens with zero attached hydrogens (tertiary/aromatic N) is 2. The minimum Gasteiger partial charge on any atom is -0.368 e. The molecule has 7 nitrogen and oxygen atoms in total. The number of pyridine rings is 1. The van der Waals surface area contributed by atoms with Gasteiger partial charge in [-0.25, -0.2) is 4.98 Å². The summed E-state index contributed by atoms with van der Waals surface area (Å²) in [6.45, 7) is 0.467. The Kier molecular flexibility index (Phi) is 4.52. The molecule has 7 heteroatoms. The molecule has 2 rings (SSSR count). The normalized spacial score (nSPS) is 14.0. The lowest BCUT2D eigenvalue weighted by Crippen LogP contribution is -2.40. The van der Waals surface area contributed by atoms with Crippen LogP contribution < -0.4 is 21.7 Å². The van der Waals surface area contributed by atoms with Gasteiger partial charge in [0.2, 0.25) is 11.8 Å². The zero-order chi connectivity index (χ0) is 14.5. The molecule has 1 aliphatic rings. The van der Waals surface area contributed by atoms with Gasteiger partial charge in [-0.05, 0) is 18.9 Å². The first-order valence-electron chi connectivity index (χ1n) is 6.55. The molecule has 0 saturated heterocycles. The van der Waals surface area contributed by atoms with E-state index in [0.29, 0.717) is 18.4 Å². The van der Waals surface area contributed by atoms with Gasteiger partial charge in [-0.15, -0.1) is 0 Å². The van der Waals surface area contributed by atoms with E-state index in [9.17, 15) is 9.59 Å². The van der Waals surface area contributed by atoms with E-state index in [-0.39, 0.29) is 13.1 Å². The number of carbonyl (C=O) groups excluding carboxylic acids is 2. The highest BCUT2D eigenvalue weighted by Crippen LogP contribution is 2.22. The Bertz CT molecular complexity index is 485. The molecule has 1 aromatic heterocycles. The van der Waals surface area contributed by atoms with Gasteiger partial charge in [0.25, 0.3) is 0 Å². The third-order valence-corrected chi connectivity index (χ3v) is 3.02. The molecule has 0 unspecified atom stereocenters. The van der Waals surface area contributed by atoms with Crippen LogP contribution in [0, 0.1) is 0 Å². The van der Waals surface area contributed by atoms with Crippen molar-refractivity contribution in [3.05, 3.63) is 23.9 Å². The van der Waals surface area contributed by atoms with Crippen LogP contribution in [0.3, 0.4) is 0 Å². The molecular weight excluding hydrogens is 258 g/mol. The Morgan fingerprint density at radius 3 is 2.50 bits per heavy atom. The van der Waals surface area contributed by atoms with Gasteiger partial charge in [-0.1, -0.05) is 6.07 Å². The predicted octanol–water partition coefficient (Wildman–Crippen LogP) is -0.889. The number of primary amides is 2. The van der Waals surface area contributed by atoms with E-state index in [1.807, 2.05) is 12.1 Å². The molecule has 0 atom stereocenters. The van der Waals surface area contributed by atoms with Crippen molar-refractivity contribution in [3.63, 3.8) is 0 Å². The maximum Gasteiger partial charge on any atom is 0.237 e. The van der Waals surface area contributed by atoms with Crippen LogP contribution >= 0.6 is 0 Å². The number of anilines is 1. The molecule has 0 aromatic carbocycles. The van der Waals surface area contributed by atoms with Crippen LogP contribution in [0.2, 0.25) is 0 Å². The zero-order valence-corrected chi connectivity index (χ0v) is 11.2. The quantitative estimate of drug-likeness (QED) is 0.570. The highest BCUT2D eigenvalue weighted by atomic mass is 16.2. The summed E-state index contributed by atoms with van der Waals surface area (Å²) >= 11 is 0. The van der Waals surface area contributed by atoms with Gasteiger partial charge in [0.05, 0.1) is 13.1 Å². The smallest absolute Gasteiger partial charge is 0.237 e. The van der Waals surface area contributed by atoms with Crippen LogP contribution in [0.5, 0.6) is 0 Å². The maximum absolute atomic E-state index is 11.1. The second kappa shape index (κ2) is 6.33. The maximum atomic E-state index is 11.1. The molecule has 1 aliphatic carbocycles. The molecule has 20 heavy (non-hydrogen) atoms. The average Bonchev–Trinajstić information content (AvgIpc) is 3.19. The van der Waals surface area contributed by atoms with Crippen molar-refractivity contribution >= 4 is 17.6 Å². The fourth-order valence-corrected chi connectivity index (χ4v) is 1.98. The molecule has 108 valence electrons.